The lowest BCUT2D eigenvalue weighted by atomic mass is 9.78. The Morgan fingerprint density at radius 3 is 2.65 bits per heavy atom. The maximum atomic E-state index is 12.8. The van der Waals surface area contributed by atoms with Crippen LogP contribution in [-0.2, 0) is 9.53 Å². The Balaban J connectivity index is 2.03. The van der Waals surface area contributed by atoms with E-state index in [1.54, 1.807) is 0 Å². The van der Waals surface area contributed by atoms with Crippen LogP contribution in [0.25, 0.3) is 0 Å². The van der Waals surface area contributed by atoms with E-state index in [1.807, 2.05) is 31.2 Å². The summed E-state index contributed by atoms with van der Waals surface area (Å²) in [5, 5.41) is 3.02. The molecule has 1 N–H and O–H groups in total. The molecule has 0 heterocycles. The van der Waals surface area contributed by atoms with E-state index < -0.39 is 5.60 Å². The monoisotopic (exact) mass is 319 g/mol. The zero-order chi connectivity index (χ0) is 16.7. The Morgan fingerprint density at radius 1 is 1.30 bits per heavy atom. The lowest BCUT2D eigenvalue weighted by Gasteiger charge is -2.38. The van der Waals surface area contributed by atoms with Crippen LogP contribution in [-0.4, -0.2) is 24.7 Å². The predicted molar refractivity (Wildman–Crippen MR) is 92.8 cm³/mol. The Kier molecular flexibility index (Phi) is 6.46. The molecule has 4 nitrogen and oxygen atoms in total. The molecule has 0 spiro atoms. The molecule has 0 aromatic heterocycles. The number of anilines is 1. The van der Waals surface area contributed by atoms with Gasteiger partial charge in [-0.25, -0.2) is 0 Å². The third-order valence-electron chi connectivity index (χ3n) is 4.38. The van der Waals surface area contributed by atoms with Crippen molar-refractivity contribution in [2.45, 2.75) is 58.5 Å². The van der Waals surface area contributed by atoms with Crippen molar-refractivity contribution in [3.05, 3.63) is 24.3 Å². The fourth-order valence-electron chi connectivity index (χ4n) is 3.28. The molecular formula is C19H29NO3. The number of rotatable bonds is 7. The normalized spacial score (nSPS) is 24.2. The number of carbonyl (C=O) groups excluding carboxylic acids is 1. The van der Waals surface area contributed by atoms with Gasteiger partial charge in [0, 0.05) is 12.3 Å². The van der Waals surface area contributed by atoms with Crippen molar-refractivity contribution in [3.8, 4) is 5.75 Å². The average molecular weight is 319 g/mol. The Hall–Kier alpha value is -1.55. The number of ether oxygens (including phenoxy) is 2. The molecular weight excluding hydrogens is 290 g/mol. The summed E-state index contributed by atoms with van der Waals surface area (Å²) in [7, 11) is 0. The first-order valence-electron chi connectivity index (χ1n) is 8.78. The van der Waals surface area contributed by atoms with Crippen LogP contribution in [0.4, 0.5) is 5.69 Å². The SMILES string of the molecule is CCCOc1ccc(NC(=O)[C@]2(OCC)CCC[C@H](C)C2)cc1. The topological polar surface area (TPSA) is 47.6 Å². The number of nitrogens with one attached hydrogen (secondary N) is 1. The third kappa shape index (κ3) is 4.71. The highest BCUT2D eigenvalue weighted by molar-refractivity contribution is 5.97. The molecule has 0 aliphatic heterocycles. The smallest absolute Gasteiger partial charge is 0.256 e. The Morgan fingerprint density at radius 2 is 2.04 bits per heavy atom. The van der Waals surface area contributed by atoms with E-state index in [9.17, 15) is 4.79 Å². The molecule has 0 bridgehead atoms. The summed E-state index contributed by atoms with van der Waals surface area (Å²) in [4.78, 5) is 12.8. The van der Waals surface area contributed by atoms with Crippen LogP contribution in [0.5, 0.6) is 5.75 Å². The van der Waals surface area contributed by atoms with Gasteiger partial charge >= 0.3 is 0 Å². The molecule has 0 saturated heterocycles. The molecule has 0 unspecified atom stereocenters. The van der Waals surface area contributed by atoms with Crippen LogP contribution >= 0.6 is 0 Å². The molecule has 23 heavy (non-hydrogen) atoms. The summed E-state index contributed by atoms with van der Waals surface area (Å²) in [6.45, 7) is 7.49. The van der Waals surface area contributed by atoms with E-state index in [0.717, 1.165) is 37.1 Å². The minimum Gasteiger partial charge on any atom is -0.494 e. The summed E-state index contributed by atoms with van der Waals surface area (Å²) in [6, 6.07) is 7.55. The lowest BCUT2D eigenvalue weighted by Crippen LogP contribution is -2.48. The molecule has 1 fully saturated rings. The fraction of sp³-hybridized carbons (Fsp3) is 0.632. The van der Waals surface area contributed by atoms with E-state index in [-0.39, 0.29) is 5.91 Å². The zero-order valence-corrected chi connectivity index (χ0v) is 14.6. The molecule has 2 rings (SSSR count). The van der Waals surface area contributed by atoms with Gasteiger partial charge in [-0.3, -0.25) is 4.79 Å². The average Bonchev–Trinajstić information content (AvgIpc) is 2.54. The fourth-order valence-corrected chi connectivity index (χ4v) is 3.28. The highest BCUT2D eigenvalue weighted by atomic mass is 16.5. The van der Waals surface area contributed by atoms with Gasteiger partial charge in [0.15, 0.2) is 0 Å². The van der Waals surface area contributed by atoms with Gasteiger partial charge in [-0.05, 0) is 62.8 Å². The predicted octanol–water partition coefficient (Wildman–Crippen LogP) is 4.40. The molecule has 1 aromatic rings. The van der Waals surface area contributed by atoms with Crippen molar-refractivity contribution in [1.29, 1.82) is 0 Å². The molecule has 0 radical (unpaired) electrons. The standard InChI is InChI=1S/C19H29NO3/c1-4-13-22-17-10-8-16(9-11-17)20-18(21)19(23-5-2)12-6-7-15(3)14-19/h8-11,15H,4-7,12-14H2,1-3H3,(H,20,21)/t15-,19-/m0/s1. The molecule has 128 valence electrons. The molecule has 2 atom stereocenters. The van der Waals surface area contributed by atoms with Crippen LogP contribution in [0.15, 0.2) is 24.3 Å². The van der Waals surface area contributed by atoms with Crippen molar-refractivity contribution in [3.63, 3.8) is 0 Å². The Labute approximate surface area is 139 Å². The summed E-state index contributed by atoms with van der Waals surface area (Å²) >= 11 is 0. The van der Waals surface area contributed by atoms with E-state index in [0.29, 0.717) is 19.1 Å². The summed E-state index contributed by atoms with van der Waals surface area (Å²) in [5.74, 6) is 1.33. The van der Waals surface area contributed by atoms with Gasteiger partial charge in [-0.15, -0.1) is 0 Å². The van der Waals surface area contributed by atoms with Crippen molar-refractivity contribution in [1.82, 2.24) is 0 Å². The van der Waals surface area contributed by atoms with E-state index in [4.69, 9.17) is 9.47 Å². The molecule has 1 aromatic carbocycles. The number of amides is 1. The Bertz CT molecular complexity index is 496. The number of hydrogen-bond donors (Lipinski definition) is 1. The zero-order valence-electron chi connectivity index (χ0n) is 14.6. The molecule has 1 aliphatic rings. The maximum Gasteiger partial charge on any atom is 0.256 e. The quantitative estimate of drug-likeness (QED) is 0.810. The molecule has 1 aliphatic carbocycles. The highest BCUT2D eigenvalue weighted by Crippen LogP contribution is 2.36. The van der Waals surface area contributed by atoms with E-state index in [2.05, 4.69) is 19.2 Å². The van der Waals surface area contributed by atoms with Gasteiger partial charge in [0.2, 0.25) is 0 Å². The van der Waals surface area contributed by atoms with Crippen molar-refractivity contribution in [2.75, 3.05) is 18.5 Å². The van der Waals surface area contributed by atoms with E-state index in [1.165, 1.54) is 6.42 Å². The van der Waals surface area contributed by atoms with Crippen LogP contribution in [0, 0.1) is 5.92 Å². The summed E-state index contributed by atoms with van der Waals surface area (Å²) < 4.78 is 11.5. The van der Waals surface area contributed by atoms with Gasteiger partial charge in [-0.2, -0.15) is 0 Å². The summed E-state index contributed by atoms with van der Waals surface area (Å²) in [6.07, 6.45) is 4.79. The molecule has 4 heteroatoms. The van der Waals surface area contributed by atoms with Gasteiger partial charge in [-0.1, -0.05) is 20.3 Å². The van der Waals surface area contributed by atoms with Crippen molar-refractivity contribution in [2.24, 2.45) is 5.92 Å². The second-order valence-electron chi connectivity index (χ2n) is 6.46. The summed E-state index contributed by atoms with van der Waals surface area (Å²) in [5.41, 5.74) is 0.111. The number of benzene rings is 1. The van der Waals surface area contributed by atoms with Gasteiger partial charge in [0.1, 0.15) is 11.4 Å². The highest BCUT2D eigenvalue weighted by Gasteiger charge is 2.42. The van der Waals surface area contributed by atoms with Gasteiger partial charge in [0.05, 0.1) is 6.61 Å². The number of carbonyl (C=O) groups is 1. The van der Waals surface area contributed by atoms with Crippen molar-refractivity contribution < 1.29 is 14.3 Å². The first-order chi connectivity index (χ1) is 11.1. The van der Waals surface area contributed by atoms with Gasteiger partial charge in [0.25, 0.3) is 5.91 Å². The molecule has 1 amide bonds. The van der Waals surface area contributed by atoms with Crippen LogP contribution in [0.1, 0.15) is 52.9 Å². The second kappa shape index (κ2) is 8.34. The van der Waals surface area contributed by atoms with Crippen LogP contribution in [0.2, 0.25) is 0 Å². The minimum absolute atomic E-state index is 0.0203. The van der Waals surface area contributed by atoms with Gasteiger partial charge < -0.3 is 14.8 Å². The number of hydrogen-bond acceptors (Lipinski definition) is 3. The maximum absolute atomic E-state index is 12.8. The largest absolute Gasteiger partial charge is 0.494 e. The lowest BCUT2D eigenvalue weighted by molar-refractivity contribution is -0.147. The second-order valence-corrected chi connectivity index (χ2v) is 6.46. The van der Waals surface area contributed by atoms with Crippen molar-refractivity contribution >= 4 is 11.6 Å². The molecule has 1 saturated carbocycles. The van der Waals surface area contributed by atoms with Crippen LogP contribution < -0.4 is 10.1 Å². The minimum atomic E-state index is -0.677. The third-order valence-corrected chi connectivity index (χ3v) is 4.38. The first kappa shape index (κ1) is 17.8. The van der Waals surface area contributed by atoms with E-state index >= 15 is 0 Å². The first-order valence-corrected chi connectivity index (χ1v) is 8.78. The van der Waals surface area contributed by atoms with Crippen LogP contribution in [0.3, 0.4) is 0 Å².